The molecule has 1 amide bonds. The molecule has 2 aromatic heterocycles. The quantitative estimate of drug-likeness (QED) is 0.836. The lowest BCUT2D eigenvalue weighted by Gasteiger charge is -2.22. The van der Waals surface area contributed by atoms with E-state index in [1.54, 1.807) is 6.07 Å². The highest BCUT2D eigenvalue weighted by Crippen LogP contribution is 2.29. The van der Waals surface area contributed by atoms with Crippen molar-refractivity contribution in [2.24, 2.45) is 0 Å². The number of rotatable bonds is 5. The molecule has 0 radical (unpaired) electrons. The Morgan fingerprint density at radius 1 is 1.32 bits per heavy atom. The third kappa shape index (κ3) is 3.52. The molecule has 0 bridgehead atoms. The van der Waals surface area contributed by atoms with Crippen LogP contribution in [0.25, 0.3) is 0 Å². The number of aromatic nitrogens is 2. The van der Waals surface area contributed by atoms with Crippen LogP contribution in [0.3, 0.4) is 0 Å². The molecule has 2 aliphatic carbocycles. The van der Waals surface area contributed by atoms with Gasteiger partial charge in [-0.2, -0.15) is 5.10 Å². The van der Waals surface area contributed by atoms with E-state index < -0.39 is 0 Å². The molecule has 2 aromatic rings. The van der Waals surface area contributed by atoms with Gasteiger partial charge in [-0.25, -0.2) is 4.68 Å². The van der Waals surface area contributed by atoms with Gasteiger partial charge in [0, 0.05) is 12.1 Å². The predicted molar refractivity (Wildman–Crippen MR) is 92.2 cm³/mol. The molecule has 0 spiro atoms. The number of carbonyl (C=O) groups is 1. The molecule has 1 fully saturated rings. The maximum Gasteiger partial charge on any atom is 0.267 e. The van der Waals surface area contributed by atoms with Gasteiger partial charge in [-0.05, 0) is 63.1 Å². The van der Waals surface area contributed by atoms with E-state index in [1.165, 1.54) is 4.68 Å². The van der Waals surface area contributed by atoms with Gasteiger partial charge in [-0.3, -0.25) is 9.59 Å². The predicted octanol–water partition coefficient (Wildman–Crippen LogP) is 2.21. The van der Waals surface area contributed by atoms with Gasteiger partial charge >= 0.3 is 0 Å². The van der Waals surface area contributed by atoms with Crippen LogP contribution in [0.2, 0.25) is 0 Å². The molecular formula is C19H23N3O3. The first-order chi connectivity index (χ1) is 12.1. The molecule has 2 heterocycles. The van der Waals surface area contributed by atoms with Crippen molar-refractivity contribution in [2.75, 3.05) is 0 Å². The Balaban J connectivity index is 1.52. The number of aryl methyl sites for hydroxylation is 3. The third-order valence-corrected chi connectivity index (χ3v) is 4.99. The molecule has 0 saturated heterocycles. The normalized spacial score (nSPS) is 16.5. The Morgan fingerprint density at radius 3 is 2.84 bits per heavy atom. The fourth-order valence-electron chi connectivity index (χ4n) is 3.48. The molecule has 1 saturated carbocycles. The highest BCUT2D eigenvalue weighted by molar-refractivity contribution is 5.76. The lowest BCUT2D eigenvalue weighted by Crippen LogP contribution is -2.38. The van der Waals surface area contributed by atoms with E-state index in [0.29, 0.717) is 6.54 Å². The van der Waals surface area contributed by atoms with Crippen molar-refractivity contribution >= 4 is 5.91 Å². The Morgan fingerprint density at radius 2 is 2.12 bits per heavy atom. The Kier molecular flexibility index (Phi) is 4.19. The summed E-state index contributed by atoms with van der Waals surface area (Å²) < 4.78 is 6.94. The fraction of sp³-hybridized carbons (Fsp3) is 0.526. The van der Waals surface area contributed by atoms with Crippen LogP contribution in [0.4, 0.5) is 0 Å². The maximum atomic E-state index is 12.8. The van der Waals surface area contributed by atoms with Gasteiger partial charge in [0.25, 0.3) is 5.56 Å². The SMILES string of the molecule is Cc1ccc(CN(C(=O)Cn2nc3c(cc2=O)CCCC3)C2CC2)o1. The summed E-state index contributed by atoms with van der Waals surface area (Å²) in [5.74, 6) is 1.55. The second kappa shape index (κ2) is 6.50. The summed E-state index contributed by atoms with van der Waals surface area (Å²) in [5.41, 5.74) is 1.84. The van der Waals surface area contributed by atoms with Crippen LogP contribution in [0.1, 0.15) is 48.5 Å². The second-order valence-electron chi connectivity index (χ2n) is 7.08. The minimum Gasteiger partial charge on any atom is -0.464 e. The summed E-state index contributed by atoms with van der Waals surface area (Å²) in [5, 5.41) is 4.46. The average Bonchev–Trinajstić information content (AvgIpc) is 3.35. The molecule has 6 nitrogen and oxygen atoms in total. The lowest BCUT2D eigenvalue weighted by atomic mass is 9.97. The number of nitrogens with zero attached hydrogens (tertiary/aromatic N) is 3. The van der Waals surface area contributed by atoms with Crippen molar-refractivity contribution in [1.29, 1.82) is 0 Å². The first-order valence-electron chi connectivity index (χ1n) is 9.05. The standard InChI is InChI=1S/C19H23N3O3/c1-13-6-9-16(25-13)11-21(15-7-8-15)19(24)12-22-18(23)10-14-4-2-3-5-17(14)20-22/h6,9-10,15H,2-5,7-8,11-12H2,1H3. The Hall–Kier alpha value is -2.37. The van der Waals surface area contributed by atoms with Crippen molar-refractivity contribution in [2.45, 2.75) is 64.6 Å². The zero-order valence-electron chi connectivity index (χ0n) is 14.5. The third-order valence-electron chi connectivity index (χ3n) is 4.99. The second-order valence-corrected chi connectivity index (χ2v) is 7.08. The lowest BCUT2D eigenvalue weighted by molar-refractivity contribution is -0.133. The first-order valence-corrected chi connectivity index (χ1v) is 9.05. The van der Waals surface area contributed by atoms with E-state index in [1.807, 2.05) is 24.0 Å². The summed E-state index contributed by atoms with van der Waals surface area (Å²) in [6.07, 6.45) is 6.03. The molecule has 0 atom stereocenters. The number of hydrogen-bond acceptors (Lipinski definition) is 4. The van der Waals surface area contributed by atoms with Crippen LogP contribution in [-0.4, -0.2) is 26.6 Å². The van der Waals surface area contributed by atoms with Crippen LogP contribution in [0, 0.1) is 6.92 Å². The van der Waals surface area contributed by atoms with Crippen molar-refractivity contribution in [3.8, 4) is 0 Å². The average molecular weight is 341 g/mol. The summed E-state index contributed by atoms with van der Waals surface area (Å²) in [7, 11) is 0. The molecular weight excluding hydrogens is 318 g/mol. The highest BCUT2D eigenvalue weighted by Gasteiger charge is 2.33. The summed E-state index contributed by atoms with van der Waals surface area (Å²) in [6, 6.07) is 5.72. The van der Waals surface area contributed by atoms with E-state index in [2.05, 4.69) is 5.10 Å². The van der Waals surface area contributed by atoms with Crippen LogP contribution in [0.15, 0.2) is 27.4 Å². The monoisotopic (exact) mass is 341 g/mol. The van der Waals surface area contributed by atoms with E-state index in [4.69, 9.17) is 4.42 Å². The van der Waals surface area contributed by atoms with Crippen LogP contribution in [0.5, 0.6) is 0 Å². The molecule has 0 aliphatic heterocycles. The number of carbonyl (C=O) groups excluding carboxylic acids is 1. The van der Waals surface area contributed by atoms with Gasteiger partial charge in [-0.15, -0.1) is 0 Å². The Labute approximate surface area is 146 Å². The molecule has 2 aliphatic rings. The summed E-state index contributed by atoms with van der Waals surface area (Å²) in [6.45, 7) is 2.35. The van der Waals surface area contributed by atoms with E-state index in [9.17, 15) is 9.59 Å². The van der Waals surface area contributed by atoms with Crippen molar-refractivity contribution in [3.63, 3.8) is 0 Å². The van der Waals surface area contributed by atoms with Gasteiger partial charge in [-0.1, -0.05) is 0 Å². The van der Waals surface area contributed by atoms with E-state index in [-0.39, 0.29) is 24.1 Å². The topological polar surface area (TPSA) is 68.3 Å². The maximum absolute atomic E-state index is 12.8. The molecule has 0 N–H and O–H groups in total. The first kappa shape index (κ1) is 16.1. The van der Waals surface area contributed by atoms with Gasteiger partial charge in [0.1, 0.15) is 18.1 Å². The van der Waals surface area contributed by atoms with Crippen LogP contribution in [-0.2, 0) is 30.7 Å². The van der Waals surface area contributed by atoms with Crippen molar-refractivity contribution in [1.82, 2.24) is 14.7 Å². The number of hydrogen-bond donors (Lipinski definition) is 0. The summed E-state index contributed by atoms with van der Waals surface area (Å²) >= 11 is 0. The molecule has 4 rings (SSSR count). The number of fused-ring (bicyclic) bond motifs is 1. The zero-order valence-corrected chi connectivity index (χ0v) is 14.5. The molecule has 25 heavy (non-hydrogen) atoms. The van der Waals surface area contributed by atoms with Crippen LogP contribution >= 0.6 is 0 Å². The van der Waals surface area contributed by atoms with Gasteiger partial charge in [0.15, 0.2) is 0 Å². The molecule has 6 heteroatoms. The number of amides is 1. The molecule has 0 aromatic carbocycles. The minimum absolute atomic E-state index is 0.00229. The zero-order chi connectivity index (χ0) is 17.4. The van der Waals surface area contributed by atoms with Gasteiger partial charge in [0.2, 0.25) is 5.91 Å². The van der Waals surface area contributed by atoms with E-state index in [0.717, 1.165) is 61.3 Å². The van der Waals surface area contributed by atoms with Crippen LogP contribution < -0.4 is 5.56 Å². The smallest absolute Gasteiger partial charge is 0.267 e. The molecule has 132 valence electrons. The largest absolute Gasteiger partial charge is 0.464 e. The van der Waals surface area contributed by atoms with Crippen molar-refractivity contribution < 1.29 is 9.21 Å². The van der Waals surface area contributed by atoms with E-state index >= 15 is 0 Å². The van der Waals surface area contributed by atoms with Crippen molar-refractivity contribution in [3.05, 3.63) is 51.3 Å². The van der Waals surface area contributed by atoms with Gasteiger partial charge in [0.05, 0.1) is 12.2 Å². The molecule has 0 unspecified atom stereocenters. The number of furan rings is 1. The Bertz CT molecular complexity index is 848. The minimum atomic E-state index is -0.182. The fourth-order valence-corrected chi connectivity index (χ4v) is 3.48. The summed E-state index contributed by atoms with van der Waals surface area (Å²) in [4.78, 5) is 26.9. The van der Waals surface area contributed by atoms with Gasteiger partial charge < -0.3 is 9.32 Å². The highest BCUT2D eigenvalue weighted by atomic mass is 16.3.